The number of ether oxygens (including phenoxy) is 1. The summed E-state index contributed by atoms with van der Waals surface area (Å²) in [5.41, 5.74) is 1.63. The third kappa shape index (κ3) is 6.80. The van der Waals surface area contributed by atoms with Gasteiger partial charge >= 0.3 is 0 Å². The van der Waals surface area contributed by atoms with Gasteiger partial charge in [0.05, 0.1) is 0 Å². The van der Waals surface area contributed by atoms with E-state index >= 15 is 0 Å². The number of halogens is 3. The van der Waals surface area contributed by atoms with Crippen molar-refractivity contribution < 1.29 is 9.13 Å². The van der Waals surface area contributed by atoms with E-state index in [-0.39, 0.29) is 24.8 Å². The van der Waals surface area contributed by atoms with Gasteiger partial charge in [0, 0.05) is 22.1 Å². The number of hydrogen-bond donors (Lipinski definition) is 1. The molecule has 132 valence electrons. The molecule has 0 atom stereocenters. The third-order valence-electron chi connectivity index (χ3n) is 3.58. The molecule has 0 radical (unpaired) electrons. The summed E-state index contributed by atoms with van der Waals surface area (Å²) in [6.07, 6.45) is 1.14. The SMILES string of the molecule is CC(C)CCNCc1cc(Br)ccc1OCc1ccccc1F.Cl. The third-order valence-corrected chi connectivity index (χ3v) is 4.07. The lowest BCUT2D eigenvalue weighted by atomic mass is 10.1. The molecule has 0 heterocycles. The average Bonchev–Trinajstić information content (AvgIpc) is 2.52. The molecule has 1 N–H and O–H groups in total. The van der Waals surface area contributed by atoms with Crippen LogP contribution in [0.3, 0.4) is 0 Å². The van der Waals surface area contributed by atoms with Crippen molar-refractivity contribution in [3.8, 4) is 5.75 Å². The second-order valence-corrected chi connectivity index (χ2v) is 6.91. The second kappa shape index (κ2) is 10.7. The minimum atomic E-state index is -0.235. The summed E-state index contributed by atoms with van der Waals surface area (Å²) < 4.78 is 20.5. The molecule has 2 aromatic carbocycles. The Bertz CT molecular complexity index is 637. The summed E-state index contributed by atoms with van der Waals surface area (Å²) in [5.74, 6) is 1.23. The Balaban J connectivity index is 0.00000288. The highest BCUT2D eigenvalue weighted by Gasteiger charge is 2.07. The summed E-state index contributed by atoms with van der Waals surface area (Å²) in [7, 11) is 0. The molecule has 0 saturated carbocycles. The number of hydrogen-bond acceptors (Lipinski definition) is 2. The fraction of sp³-hybridized carbons (Fsp3) is 0.368. The van der Waals surface area contributed by atoms with Gasteiger partial charge in [-0.15, -0.1) is 12.4 Å². The molecule has 0 aliphatic carbocycles. The molecule has 0 fully saturated rings. The zero-order valence-corrected chi connectivity index (χ0v) is 16.4. The van der Waals surface area contributed by atoms with Crippen LogP contribution in [0.2, 0.25) is 0 Å². The topological polar surface area (TPSA) is 21.3 Å². The molecule has 2 nitrogen and oxygen atoms in total. The highest BCUT2D eigenvalue weighted by atomic mass is 79.9. The molecule has 0 spiro atoms. The van der Waals surface area contributed by atoms with Gasteiger partial charge in [0.1, 0.15) is 18.2 Å². The van der Waals surface area contributed by atoms with Crippen molar-refractivity contribution in [2.24, 2.45) is 5.92 Å². The Kier molecular flexibility index (Phi) is 9.34. The summed E-state index contributed by atoms with van der Waals surface area (Å²) in [5, 5.41) is 3.44. The fourth-order valence-corrected chi connectivity index (χ4v) is 2.62. The van der Waals surface area contributed by atoms with Gasteiger partial charge in [0.15, 0.2) is 0 Å². The molecule has 5 heteroatoms. The zero-order valence-electron chi connectivity index (χ0n) is 14.0. The molecule has 2 rings (SSSR count). The van der Waals surface area contributed by atoms with Gasteiger partial charge in [0.25, 0.3) is 0 Å². The Morgan fingerprint density at radius 3 is 2.58 bits per heavy atom. The van der Waals surface area contributed by atoms with Crippen LogP contribution < -0.4 is 10.1 Å². The van der Waals surface area contributed by atoms with Crippen LogP contribution in [0, 0.1) is 11.7 Å². The average molecular weight is 417 g/mol. The van der Waals surface area contributed by atoms with Crippen LogP contribution >= 0.6 is 28.3 Å². The minimum absolute atomic E-state index is 0. The summed E-state index contributed by atoms with van der Waals surface area (Å²) >= 11 is 3.49. The van der Waals surface area contributed by atoms with Crippen LogP contribution in [0.25, 0.3) is 0 Å². The van der Waals surface area contributed by atoms with Crippen LogP contribution in [0.4, 0.5) is 4.39 Å². The van der Waals surface area contributed by atoms with E-state index in [0.29, 0.717) is 11.5 Å². The van der Waals surface area contributed by atoms with Crippen molar-refractivity contribution in [1.29, 1.82) is 0 Å². The van der Waals surface area contributed by atoms with Crippen LogP contribution in [-0.4, -0.2) is 6.54 Å². The van der Waals surface area contributed by atoms with Gasteiger partial charge < -0.3 is 10.1 Å². The molecule has 0 amide bonds. The summed E-state index contributed by atoms with van der Waals surface area (Å²) in [4.78, 5) is 0. The van der Waals surface area contributed by atoms with Gasteiger partial charge in [-0.2, -0.15) is 0 Å². The van der Waals surface area contributed by atoms with Crippen molar-refractivity contribution in [1.82, 2.24) is 5.32 Å². The van der Waals surface area contributed by atoms with Gasteiger partial charge in [-0.25, -0.2) is 4.39 Å². The van der Waals surface area contributed by atoms with Crippen LogP contribution in [0.5, 0.6) is 5.75 Å². The normalized spacial score (nSPS) is 10.5. The van der Waals surface area contributed by atoms with Crippen LogP contribution in [0.15, 0.2) is 46.9 Å². The van der Waals surface area contributed by atoms with E-state index < -0.39 is 0 Å². The van der Waals surface area contributed by atoms with E-state index in [2.05, 4.69) is 35.1 Å². The number of rotatable bonds is 8. The highest BCUT2D eigenvalue weighted by Crippen LogP contribution is 2.24. The fourth-order valence-electron chi connectivity index (χ4n) is 2.21. The van der Waals surface area contributed by atoms with E-state index in [9.17, 15) is 4.39 Å². The smallest absolute Gasteiger partial charge is 0.129 e. The molecule has 2 aromatic rings. The summed E-state index contributed by atoms with van der Waals surface area (Å²) in [6.45, 7) is 6.36. The maximum absolute atomic E-state index is 13.7. The van der Waals surface area contributed by atoms with Gasteiger partial charge in [0.2, 0.25) is 0 Å². The van der Waals surface area contributed by atoms with Crippen molar-refractivity contribution in [2.45, 2.75) is 33.4 Å². The molecule has 0 unspecified atom stereocenters. The lowest BCUT2D eigenvalue weighted by molar-refractivity contribution is 0.296. The Morgan fingerprint density at radius 2 is 1.88 bits per heavy atom. The van der Waals surface area contributed by atoms with Gasteiger partial charge in [-0.1, -0.05) is 48.0 Å². The lowest BCUT2D eigenvalue weighted by Crippen LogP contribution is -2.17. The lowest BCUT2D eigenvalue weighted by Gasteiger charge is -2.14. The maximum atomic E-state index is 13.7. The number of benzene rings is 2. The second-order valence-electron chi connectivity index (χ2n) is 5.99. The quantitative estimate of drug-likeness (QED) is 0.555. The zero-order chi connectivity index (χ0) is 16.7. The van der Waals surface area contributed by atoms with Gasteiger partial charge in [-0.3, -0.25) is 0 Å². The molecular formula is C19H24BrClFNO. The first kappa shape index (κ1) is 20.9. The summed E-state index contributed by atoms with van der Waals surface area (Å²) in [6, 6.07) is 12.6. The predicted octanol–water partition coefficient (Wildman–Crippen LogP) is 5.72. The van der Waals surface area contributed by atoms with E-state index in [1.165, 1.54) is 6.07 Å². The predicted molar refractivity (Wildman–Crippen MR) is 103 cm³/mol. The van der Waals surface area contributed by atoms with Crippen LogP contribution in [0.1, 0.15) is 31.4 Å². The molecule has 0 aromatic heterocycles. The number of nitrogens with one attached hydrogen (secondary N) is 1. The van der Waals surface area contributed by atoms with Crippen molar-refractivity contribution in [3.05, 3.63) is 63.9 Å². The molecule has 0 saturated heterocycles. The van der Waals surface area contributed by atoms with E-state index in [4.69, 9.17) is 4.74 Å². The molecular weight excluding hydrogens is 393 g/mol. The van der Waals surface area contributed by atoms with E-state index in [1.54, 1.807) is 12.1 Å². The first-order chi connectivity index (χ1) is 11.1. The van der Waals surface area contributed by atoms with E-state index in [0.717, 1.165) is 35.3 Å². The Labute approximate surface area is 158 Å². The van der Waals surface area contributed by atoms with Crippen molar-refractivity contribution >= 4 is 28.3 Å². The van der Waals surface area contributed by atoms with Crippen molar-refractivity contribution in [3.63, 3.8) is 0 Å². The maximum Gasteiger partial charge on any atom is 0.129 e. The standard InChI is InChI=1S/C19H23BrFNO.ClH/c1-14(2)9-10-22-12-16-11-17(20)7-8-19(16)23-13-15-5-3-4-6-18(15)21;/h3-8,11,14,22H,9-10,12-13H2,1-2H3;1H. The first-order valence-corrected chi connectivity index (χ1v) is 8.71. The first-order valence-electron chi connectivity index (χ1n) is 7.91. The van der Waals surface area contributed by atoms with E-state index in [1.807, 2.05) is 24.3 Å². The molecule has 24 heavy (non-hydrogen) atoms. The highest BCUT2D eigenvalue weighted by molar-refractivity contribution is 9.10. The monoisotopic (exact) mass is 415 g/mol. The Hall–Kier alpha value is -1.10. The van der Waals surface area contributed by atoms with Crippen molar-refractivity contribution in [2.75, 3.05) is 6.54 Å². The molecule has 0 aliphatic heterocycles. The van der Waals surface area contributed by atoms with Gasteiger partial charge in [-0.05, 0) is 43.1 Å². The molecule has 0 bridgehead atoms. The Morgan fingerprint density at radius 1 is 1.12 bits per heavy atom. The largest absolute Gasteiger partial charge is 0.488 e. The minimum Gasteiger partial charge on any atom is -0.488 e. The molecule has 0 aliphatic rings. The van der Waals surface area contributed by atoms with Crippen LogP contribution in [-0.2, 0) is 13.2 Å².